The van der Waals surface area contributed by atoms with Gasteiger partial charge in [0, 0.05) is 5.56 Å². The van der Waals surface area contributed by atoms with Crippen molar-refractivity contribution in [1.29, 1.82) is 0 Å². The fraction of sp³-hybridized carbons (Fsp3) is 0.176. The van der Waals surface area contributed by atoms with Crippen molar-refractivity contribution in [2.75, 3.05) is 13.7 Å². The first-order valence-corrected chi connectivity index (χ1v) is 6.94. The minimum absolute atomic E-state index is 0.323. The van der Waals surface area contributed by atoms with Crippen molar-refractivity contribution >= 4 is 11.9 Å². The Morgan fingerprint density at radius 3 is 2.57 bits per heavy atom. The maximum atomic E-state index is 11.9. The summed E-state index contributed by atoms with van der Waals surface area (Å²) in [6, 6.07) is 13.7. The van der Waals surface area contributed by atoms with Gasteiger partial charge in [0.05, 0.1) is 12.7 Å². The summed E-state index contributed by atoms with van der Waals surface area (Å²) in [5, 5.41) is 0. The van der Waals surface area contributed by atoms with E-state index in [0.717, 1.165) is 0 Å². The summed E-state index contributed by atoms with van der Waals surface area (Å²) < 4.78 is 20.7. The molecule has 0 saturated heterocycles. The molecule has 1 aliphatic rings. The van der Waals surface area contributed by atoms with Gasteiger partial charge in [-0.05, 0) is 18.2 Å². The van der Waals surface area contributed by atoms with Gasteiger partial charge in [-0.15, -0.1) is 0 Å². The lowest BCUT2D eigenvalue weighted by molar-refractivity contribution is -0.170. The van der Waals surface area contributed by atoms with Crippen molar-refractivity contribution in [2.24, 2.45) is 0 Å². The number of hydrogen-bond donors (Lipinski definition) is 0. The van der Waals surface area contributed by atoms with E-state index in [1.807, 2.05) is 0 Å². The third-order valence-corrected chi connectivity index (χ3v) is 3.30. The molecule has 0 aliphatic carbocycles. The number of rotatable bonds is 5. The van der Waals surface area contributed by atoms with E-state index in [-0.39, 0.29) is 6.61 Å². The molecular formula is C17H14O6. The standard InChI is InChI=1S/C17H14O6/c1-20-13-8-4-5-9-14(13)21-10-15(18)22-17-12-7-3-2-6-11(12)16(19)23-17/h2-9,17H,10H2,1H3. The van der Waals surface area contributed by atoms with E-state index in [1.165, 1.54) is 7.11 Å². The van der Waals surface area contributed by atoms with E-state index in [0.29, 0.717) is 22.6 Å². The van der Waals surface area contributed by atoms with Crippen molar-refractivity contribution in [2.45, 2.75) is 6.29 Å². The average Bonchev–Trinajstić information content (AvgIpc) is 2.89. The van der Waals surface area contributed by atoms with Gasteiger partial charge >= 0.3 is 11.9 Å². The van der Waals surface area contributed by atoms with Gasteiger partial charge in [-0.2, -0.15) is 0 Å². The van der Waals surface area contributed by atoms with Crippen LogP contribution < -0.4 is 9.47 Å². The number of fused-ring (bicyclic) bond motifs is 1. The van der Waals surface area contributed by atoms with E-state index in [4.69, 9.17) is 18.9 Å². The lowest BCUT2D eigenvalue weighted by Gasteiger charge is -2.13. The fourth-order valence-corrected chi connectivity index (χ4v) is 2.23. The number of hydrogen-bond acceptors (Lipinski definition) is 6. The number of benzene rings is 2. The highest BCUT2D eigenvalue weighted by Crippen LogP contribution is 2.31. The highest BCUT2D eigenvalue weighted by atomic mass is 16.7. The van der Waals surface area contributed by atoms with Gasteiger partial charge in [-0.25, -0.2) is 9.59 Å². The van der Waals surface area contributed by atoms with Gasteiger partial charge in [0.2, 0.25) is 0 Å². The summed E-state index contributed by atoms with van der Waals surface area (Å²) in [5.41, 5.74) is 0.930. The van der Waals surface area contributed by atoms with Crippen LogP contribution >= 0.6 is 0 Å². The van der Waals surface area contributed by atoms with Crippen molar-refractivity contribution in [1.82, 2.24) is 0 Å². The van der Waals surface area contributed by atoms with Crippen LogP contribution in [0.4, 0.5) is 0 Å². The zero-order valence-electron chi connectivity index (χ0n) is 12.4. The second-order valence-corrected chi connectivity index (χ2v) is 4.75. The van der Waals surface area contributed by atoms with Crippen LogP contribution in [0.1, 0.15) is 22.2 Å². The zero-order chi connectivity index (χ0) is 16.2. The van der Waals surface area contributed by atoms with Gasteiger partial charge in [0.15, 0.2) is 18.1 Å². The first-order chi connectivity index (χ1) is 11.2. The largest absolute Gasteiger partial charge is 0.493 e. The Morgan fingerprint density at radius 2 is 1.78 bits per heavy atom. The summed E-state index contributed by atoms with van der Waals surface area (Å²) in [7, 11) is 1.51. The molecule has 6 heteroatoms. The Labute approximate surface area is 132 Å². The lowest BCUT2D eigenvalue weighted by atomic mass is 10.1. The molecule has 0 fully saturated rings. The Hall–Kier alpha value is -3.02. The van der Waals surface area contributed by atoms with Crippen LogP contribution in [-0.2, 0) is 14.3 Å². The van der Waals surface area contributed by atoms with Crippen LogP contribution in [0.5, 0.6) is 11.5 Å². The summed E-state index contributed by atoms with van der Waals surface area (Å²) in [4.78, 5) is 23.6. The van der Waals surface area contributed by atoms with E-state index < -0.39 is 18.2 Å². The minimum atomic E-state index is -1.03. The molecule has 0 radical (unpaired) electrons. The number of cyclic esters (lactones) is 1. The molecule has 1 aliphatic heterocycles. The third-order valence-electron chi connectivity index (χ3n) is 3.30. The first-order valence-electron chi connectivity index (χ1n) is 6.94. The molecule has 118 valence electrons. The number of carbonyl (C=O) groups is 2. The Morgan fingerprint density at radius 1 is 1.09 bits per heavy atom. The van der Waals surface area contributed by atoms with Crippen LogP contribution in [0.15, 0.2) is 48.5 Å². The van der Waals surface area contributed by atoms with Crippen molar-refractivity contribution in [3.63, 3.8) is 0 Å². The van der Waals surface area contributed by atoms with Crippen LogP contribution in [-0.4, -0.2) is 25.7 Å². The van der Waals surface area contributed by atoms with E-state index in [2.05, 4.69) is 0 Å². The second kappa shape index (κ2) is 6.39. The zero-order valence-corrected chi connectivity index (χ0v) is 12.4. The van der Waals surface area contributed by atoms with Gasteiger partial charge < -0.3 is 18.9 Å². The van der Waals surface area contributed by atoms with Gasteiger partial charge in [-0.3, -0.25) is 0 Å². The Bertz CT molecular complexity index is 739. The van der Waals surface area contributed by atoms with Crippen LogP contribution in [0.2, 0.25) is 0 Å². The molecule has 0 saturated carbocycles. The van der Waals surface area contributed by atoms with Crippen molar-refractivity contribution < 1.29 is 28.5 Å². The van der Waals surface area contributed by atoms with Gasteiger partial charge in [-0.1, -0.05) is 30.3 Å². The number of esters is 2. The summed E-state index contributed by atoms with van der Waals surface area (Å²) in [6.07, 6.45) is -1.03. The minimum Gasteiger partial charge on any atom is -0.493 e. The molecule has 2 aromatic rings. The van der Waals surface area contributed by atoms with E-state index in [1.54, 1.807) is 48.5 Å². The number of carbonyl (C=O) groups excluding carboxylic acids is 2. The average molecular weight is 314 g/mol. The normalized spacial score (nSPS) is 15.5. The predicted octanol–water partition coefficient (Wildman–Crippen LogP) is 2.49. The molecule has 0 amide bonds. The maximum absolute atomic E-state index is 11.9. The van der Waals surface area contributed by atoms with Crippen molar-refractivity contribution in [3.05, 3.63) is 59.7 Å². The molecule has 6 nitrogen and oxygen atoms in total. The lowest BCUT2D eigenvalue weighted by Crippen LogP contribution is -2.18. The predicted molar refractivity (Wildman–Crippen MR) is 79.2 cm³/mol. The Kier molecular flexibility index (Phi) is 4.14. The molecule has 23 heavy (non-hydrogen) atoms. The molecule has 0 spiro atoms. The summed E-state index contributed by atoms with van der Waals surface area (Å²) in [5.74, 6) is -0.219. The Balaban J connectivity index is 1.62. The van der Waals surface area contributed by atoms with E-state index in [9.17, 15) is 9.59 Å². The van der Waals surface area contributed by atoms with Crippen LogP contribution in [0.3, 0.4) is 0 Å². The monoisotopic (exact) mass is 314 g/mol. The number of methoxy groups -OCH3 is 1. The quantitative estimate of drug-likeness (QED) is 0.790. The van der Waals surface area contributed by atoms with Gasteiger partial charge in [0.1, 0.15) is 0 Å². The molecule has 0 bridgehead atoms. The highest BCUT2D eigenvalue weighted by Gasteiger charge is 2.33. The first kappa shape index (κ1) is 14.9. The third kappa shape index (κ3) is 3.11. The molecule has 0 aromatic heterocycles. The topological polar surface area (TPSA) is 71.1 Å². The summed E-state index contributed by atoms with van der Waals surface area (Å²) in [6.45, 7) is -0.323. The summed E-state index contributed by atoms with van der Waals surface area (Å²) >= 11 is 0. The smallest absolute Gasteiger partial charge is 0.347 e. The maximum Gasteiger partial charge on any atom is 0.347 e. The van der Waals surface area contributed by atoms with Crippen LogP contribution in [0, 0.1) is 0 Å². The second-order valence-electron chi connectivity index (χ2n) is 4.75. The van der Waals surface area contributed by atoms with Crippen molar-refractivity contribution in [3.8, 4) is 11.5 Å². The van der Waals surface area contributed by atoms with Gasteiger partial charge in [0.25, 0.3) is 6.29 Å². The molecular weight excluding hydrogens is 300 g/mol. The molecule has 0 N–H and O–H groups in total. The van der Waals surface area contributed by atoms with E-state index >= 15 is 0 Å². The number of ether oxygens (including phenoxy) is 4. The molecule has 3 rings (SSSR count). The fourth-order valence-electron chi connectivity index (χ4n) is 2.23. The van der Waals surface area contributed by atoms with Crippen LogP contribution in [0.25, 0.3) is 0 Å². The molecule has 1 unspecified atom stereocenters. The highest BCUT2D eigenvalue weighted by molar-refractivity contribution is 5.94. The molecule has 1 heterocycles. The molecule has 2 aromatic carbocycles. The molecule has 1 atom stereocenters. The SMILES string of the molecule is COc1ccccc1OCC(=O)OC1OC(=O)c2ccccc21. The number of para-hydroxylation sites is 2.